The van der Waals surface area contributed by atoms with Gasteiger partial charge in [-0.1, -0.05) is 152 Å². The SMILES string of the molecule is c1ccc(N(c2ccc3c(c2)sc2ccccc23)c2cc3c(cc2-c2ccc4sc5ccccc5c4c2)-c2ccccc2C3(c2ccccc2)c2ccccc2)cc1. The van der Waals surface area contributed by atoms with Gasteiger partial charge in [0.1, 0.15) is 0 Å². The van der Waals surface area contributed by atoms with Crippen LogP contribution in [0.4, 0.5) is 17.1 Å². The van der Waals surface area contributed by atoms with Crippen molar-refractivity contribution in [1.29, 1.82) is 0 Å². The molecule has 58 heavy (non-hydrogen) atoms. The number of hydrogen-bond donors (Lipinski definition) is 0. The fraction of sp³-hybridized carbons (Fsp3) is 0.0182. The van der Waals surface area contributed by atoms with E-state index in [0.717, 1.165) is 17.1 Å². The maximum absolute atomic E-state index is 2.53. The summed E-state index contributed by atoms with van der Waals surface area (Å²) in [6.45, 7) is 0. The van der Waals surface area contributed by atoms with Crippen LogP contribution >= 0.6 is 22.7 Å². The molecule has 1 nitrogen and oxygen atoms in total. The van der Waals surface area contributed by atoms with E-state index in [1.807, 2.05) is 22.7 Å². The summed E-state index contributed by atoms with van der Waals surface area (Å²) in [5.74, 6) is 0. The normalized spacial score (nSPS) is 13.0. The number of rotatable bonds is 6. The van der Waals surface area contributed by atoms with Gasteiger partial charge in [-0.3, -0.25) is 0 Å². The molecule has 0 atom stereocenters. The van der Waals surface area contributed by atoms with E-state index in [0.29, 0.717) is 0 Å². The van der Waals surface area contributed by atoms with Gasteiger partial charge in [-0.2, -0.15) is 0 Å². The van der Waals surface area contributed by atoms with Gasteiger partial charge in [-0.15, -0.1) is 22.7 Å². The Hall–Kier alpha value is -6.78. The Morgan fingerprint density at radius 3 is 1.62 bits per heavy atom. The average Bonchev–Trinajstić information content (AvgIpc) is 3.95. The van der Waals surface area contributed by atoms with Crippen LogP contribution in [0.5, 0.6) is 0 Å². The van der Waals surface area contributed by atoms with Crippen molar-refractivity contribution in [2.45, 2.75) is 5.41 Å². The number of benzene rings is 9. The summed E-state index contributed by atoms with van der Waals surface area (Å²) in [6, 6.07) is 79.0. The summed E-state index contributed by atoms with van der Waals surface area (Å²) in [6.07, 6.45) is 0. The topological polar surface area (TPSA) is 3.24 Å². The molecule has 0 bridgehead atoms. The summed E-state index contributed by atoms with van der Waals surface area (Å²) < 4.78 is 5.21. The zero-order valence-electron chi connectivity index (χ0n) is 31.5. The zero-order valence-corrected chi connectivity index (χ0v) is 33.1. The van der Waals surface area contributed by atoms with Crippen LogP contribution in [-0.4, -0.2) is 0 Å². The lowest BCUT2D eigenvalue weighted by Gasteiger charge is -2.35. The minimum Gasteiger partial charge on any atom is -0.310 e. The van der Waals surface area contributed by atoms with E-state index in [2.05, 4.69) is 217 Å². The van der Waals surface area contributed by atoms with Crippen molar-refractivity contribution >= 4 is 80.1 Å². The number of thiophene rings is 2. The molecule has 11 aromatic rings. The van der Waals surface area contributed by atoms with E-state index < -0.39 is 5.41 Å². The first kappa shape index (κ1) is 33.4. The molecule has 12 rings (SSSR count). The first-order valence-electron chi connectivity index (χ1n) is 19.8. The van der Waals surface area contributed by atoms with Gasteiger partial charge in [0.25, 0.3) is 0 Å². The zero-order chi connectivity index (χ0) is 38.2. The highest BCUT2D eigenvalue weighted by atomic mass is 32.1. The van der Waals surface area contributed by atoms with Crippen LogP contribution < -0.4 is 4.90 Å². The lowest BCUT2D eigenvalue weighted by atomic mass is 9.67. The molecule has 0 spiro atoms. The Bertz CT molecular complexity index is 3300. The Morgan fingerprint density at radius 1 is 0.328 bits per heavy atom. The van der Waals surface area contributed by atoms with Crippen LogP contribution in [0, 0.1) is 0 Å². The van der Waals surface area contributed by atoms with Gasteiger partial charge in [0.05, 0.1) is 11.1 Å². The molecule has 0 saturated heterocycles. The minimum absolute atomic E-state index is 0.535. The predicted octanol–water partition coefficient (Wildman–Crippen LogP) is 15.9. The van der Waals surface area contributed by atoms with Crippen molar-refractivity contribution in [1.82, 2.24) is 0 Å². The molecule has 2 heterocycles. The van der Waals surface area contributed by atoms with Crippen LogP contribution in [0.3, 0.4) is 0 Å². The van der Waals surface area contributed by atoms with Crippen molar-refractivity contribution in [2.75, 3.05) is 4.90 Å². The second-order valence-corrected chi connectivity index (χ2v) is 17.4. The Kier molecular flexibility index (Phi) is 7.56. The Labute approximate surface area is 345 Å². The van der Waals surface area contributed by atoms with Gasteiger partial charge in [-0.25, -0.2) is 0 Å². The molecular formula is C55H35NS2. The van der Waals surface area contributed by atoms with Crippen molar-refractivity contribution in [2.24, 2.45) is 0 Å². The first-order valence-corrected chi connectivity index (χ1v) is 21.5. The molecule has 272 valence electrons. The molecule has 0 amide bonds. The highest BCUT2D eigenvalue weighted by Crippen LogP contribution is 2.59. The number of nitrogens with zero attached hydrogens (tertiary/aromatic N) is 1. The second kappa shape index (κ2) is 13.1. The molecule has 0 unspecified atom stereocenters. The number of para-hydroxylation sites is 1. The maximum Gasteiger partial charge on any atom is 0.0714 e. The number of hydrogen-bond acceptors (Lipinski definition) is 3. The van der Waals surface area contributed by atoms with Crippen molar-refractivity contribution in [3.63, 3.8) is 0 Å². The van der Waals surface area contributed by atoms with Gasteiger partial charge in [0.2, 0.25) is 0 Å². The molecule has 0 fully saturated rings. The lowest BCUT2D eigenvalue weighted by Crippen LogP contribution is -2.28. The molecule has 0 aliphatic heterocycles. The molecule has 9 aromatic carbocycles. The third kappa shape index (κ3) is 4.94. The fourth-order valence-corrected chi connectivity index (χ4v) is 11.9. The minimum atomic E-state index is -0.535. The van der Waals surface area contributed by atoms with Gasteiger partial charge < -0.3 is 4.90 Å². The predicted molar refractivity (Wildman–Crippen MR) is 250 cm³/mol. The van der Waals surface area contributed by atoms with E-state index in [4.69, 9.17) is 0 Å². The molecular weight excluding hydrogens is 739 g/mol. The molecule has 0 radical (unpaired) electrons. The van der Waals surface area contributed by atoms with Crippen LogP contribution in [0.15, 0.2) is 212 Å². The summed E-state index contributed by atoms with van der Waals surface area (Å²) in [5.41, 5.74) is 12.9. The first-order chi connectivity index (χ1) is 28.8. The van der Waals surface area contributed by atoms with E-state index in [9.17, 15) is 0 Å². The van der Waals surface area contributed by atoms with Gasteiger partial charge in [0, 0.05) is 57.3 Å². The summed E-state index contributed by atoms with van der Waals surface area (Å²) in [7, 11) is 0. The smallest absolute Gasteiger partial charge is 0.0714 e. The van der Waals surface area contributed by atoms with Crippen molar-refractivity contribution in [3.8, 4) is 22.3 Å². The van der Waals surface area contributed by atoms with Crippen LogP contribution in [0.25, 0.3) is 62.6 Å². The van der Waals surface area contributed by atoms with E-state index in [-0.39, 0.29) is 0 Å². The van der Waals surface area contributed by atoms with Crippen molar-refractivity contribution in [3.05, 3.63) is 235 Å². The van der Waals surface area contributed by atoms with Gasteiger partial charge in [-0.05, 0) is 99.6 Å². The standard InChI is InChI=1S/C55H35NS2/c1-4-16-37(17-5-1)55(38-18-6-2-7-19-38)48-25-13-10-22-41(48)46-34-45(36-28-31-53-47(32-36)43-24-12-15-27-52(43)57-53)50(35-49(46)55)56(39-20-8-3-9-21-39)40-29-30-44-42-23-11-14-26-51(42)58-54(44)33-40/h1-35H. The fourth-order valence-electron chi connectivity index (χ4n) is 9.64. The van der Waals surface area contributed by atoms with Gasteiger partial charge in [0.15, 0.2) is 0 Å². The third-order valence-electron chi connectivity index (χ3n) is 12.1. The second-order valence-electron chi connectivity index (χ2n) is 15.2. The lowest BCUT2D eigenvalue weighted by molar-refractivity contribution is 0.768. The quantitative estimate of drug-likeness (QED) is 0.163. The molecule has 2 aromatic heterocycles. The molecule has 1 aliphatic carbocycles. The Morgan fingerprint density at radius 2 is 0.897 bits per heavy atom. The van der Waals surface area contributed by atoms with Crippen LogP contribution in [0.2, 0.25) is 0 Å². The average molecular weight is 774 g/mol. The molecule has 0 saturated carbocycles. The number of fused-ring (bicyclic) bond motifs is 9. The van der Waals surface area contributed by atoms with Crippen LogP contribution in [-0.2, 0) is 5.41 Å². The maximum atomic E-state index is 2.53. The monoisotopic (exact) mass is 773 g/mol. The summed E-state index contributed by atoms with van der Waals surface area (Å²) >= 11 is 3.74. The van der Waals surface area contributed by atoms with E-state index in [1.54, 1.807) is 0 Å². The summed E-state index contributed by atoms with van der Waals surface area (Å²) in [5, 5.41) is 5.21. The number of anilines is 3. The molecule has 3 heteroatoms. The summed E-state index contributed by atoms with van der Waals surface area (Å²) in [4.78, 5) is 2.50. The molecule has 1 aliphatic rings. The van der Waals surface area contributed by atoms with E-state index in [1.165, 1.54) is 84.9 Å². The van der Waals surface area contributed by atoms with Crippen molar-refractivity contribution < 1.29 is 0 Å². The van der Waals surface area contributed by atoms with E-state index >= 15 is 0 Å². The third-order valence-corrected chi connectivity index (χ3v) is 14.4. The largest absolute Gasteiger partial charge is 0.310 e. The Balaban J connectivity index is 1.21. The highest BCUT2D eigenvalue weighted by Gasteiger charge is 2.46. The van der Waals surface area contributed by atoms with Gasteiger partial charge >= 0.3 is 0 Å². The molecule has 0 N–H and O–H groups in total. The van der Waals surface area contributed by atoms with Crippen LogP contribution in [0.1, 0.15) is 22.3 Å². The highest BCUT2D eigenvalue weighted by molar-refractivity contribution is 7.26.